The number of hydrogen-bond donors (Lipinski definition) is 4. The summed E-state index contributed by atoms with van der Waals surface area (Å²) in [4.78, 5) is 24.5. The highest BCUT2D eigenvalue weighted by Gasteiger charge is 2.32. The molecule has 1 heterocycles. The Morgan fingerprint density at radius 3 is 2.76 bits per heavy atom. The van der Waals surface area contributed by atoms with Crippen LogP contribution in [-0.2, 0) is 9.53 Å². The van der Waals surface area contributed by atoms with Crippen LogP contribution in [0.2, 0.25) is 0 Å². The third kappa shape index (κ3) is 7.50. The number of hydrogen-bond acceptors (Lipinski definition) is 9. The van der Waals surface area contributed by atoms with E-state index in [2.05, 4.69) is 27.7 Å². The SMILES string of the molecule is C=CCOc1cccc(/C=N/N[C@@H](O)COc2ccc([C@@H]3NC(=O)NC(C)=C3C(=O)OC)cc2OCC)c1. The molecule has 0 aromatic heterocycles. The Balaban J connectivity index is 1.67. The van der Waals surface area contributed by atoms with Crippen molar-refractivity contribution in [2.45, 2.75) is 26.1 Å². The van der Waals surface area contributed by atoms with Gasteiger partial charge in [-0.25, -0.2) is 9.59 Å². The monoisotopic (exact) mass is 524 g/mol. The molecule has 202 valence electrons. The van der Waals surface area contributed by atoms with Gasteiger partial charge in [0.1, 0.15) is 19.0 Å². The second-order valence-electron chi connectivity index (χ2n) is 8.09. The first-order chi connectivity index (χ1) is 18.4. The van der Waals surface area contributed by atoms with E-state index in [9.17, 15) is 14.7 Å². The van der Waals surface area contributed by atoms with Gasteiger partial charge in [-0.05, 0) is 49.2 Å². The van der Waals surface area contributed by atoms with Gasteiger partial charge in [0.15, 0.2) is 17.7 Å². The van der Waals surface area contributed by atoms with Crippen molar-refractivity contribution < 1.29 is 33.6 Å². The molecular weight excluding hydrogens is 492 g/mol. The number of nitrogens with zero attached hydrogens (tertiary/aromatic N) is 1. The zero-order valence-electron chi connectivity index (χ0n) is 21.5. The number of allylic oxidation sites excluding steroid dienone is 1. The number of ether oxygens (including phenoxy) is 4. The van der Waals surface area contributed by atoms with Crippen LogP contribution in [0.5, 0.6) is 17.2 Å². The van der Waals surface area contributed by atoms with Gasteiger partial charge in [0.05, 0.1) is 31.5 Å². The third-order valence-electron chi connectivity index (χ3n) is 5.34. The molecule has 0 unspecified atom stereocenters. The smallest absolute Gasteiger partial charge is 0.337 e. The first kappa shape index (κ1) is 28.1. The first-order valence-electron chi connectivity index (χ1n) is 11.9. The predicted molar refractivity (Wildman–Crippen MR) is 141 cm³/mol. The number of carbonyl (C=O) groups is 2. The summed E-state index contributed by atoms with van der Waals surface area (Å²) in [6.07, 6.45) is 2.10. The number of amides is 2. The van der Waals surface area contributed by atoms with Gasteiger partial charge in [0.2, 0.25) is 0 Å². The summed E-state index contributed by atoms with van der Waals surface area (Å²) in [7, 11) is 1.28. The van der Waals surface area contributed by atoms with Crippen LogP contribution in [0.1, 0.15) is 31.0 Å². The molecule has 11 heteroatoms. The lowest BCUT2D eigenvalue weighted by atomic mass is 9.95. The molecule has 1 aliphatic heterocycles. The summed E-state index contributed by atoms with van der Waals surface area (Å²) in [6, 6.07) is 11.1. The van der Waals surface area contributed by atoms with E-state index in [1.807, 2.05) is 25.1 Å². The Morgan fingerprint density at radius 2 is 2.03 bits per heavy atom. The second-order valence-corrected chi connectivity index (χ2v) is 8.09. The lowest BCUT2D eigenvalue weighted by Gasteiger charge is -2.28. The van der Waals surface area contributed by atoms with Crippen molar-refractivity contribution in [1.29, 1.82) is 0 Å². The fraction of sp³-hybridized carbons (Fsp3) is 0.296. The number of aliphatic hydroxyl groups is 1. The molecule has 38 heavy (non-hydrogen) atoms. The lowest BCUT2D eigenvalue weighted by Crippen LogP contribution is -2.45. The summed E-state index contributed by atoms with van der Waals surface area (Å²) in [6.45, 7) is 7.68. The minimum absolute atomic E-state index is 0.129. The van der Waals surface area contributed by atoms with Crippen molar-refractivity contribution in [2.24, 2.45) is 5.10 Å². The van der Waals surface area contributed by atoms with Gasteiger partial charge in [0, 0.05) is 5.70 Å². The Morgan fingerprint density at radius 1 is 1.21 bits per heavy atom. The molecule has 0 fully saturated rings. The maximum absolute atomic E-state index is 12.4. The highest BCUT2D eigenvalue weighted by Crippen LogP contribution is 2.34. The second kappa shape index (κ2) is 13.7. The zero-order valence-corrected chi connectivity index (χ0v) is 21.5. The molecule has 0 saturated carbocycles. The molecule has 3 rings (SSSR count). The topological polar surface area (TPSA) is 140 Å². The predicted octanol–water partition coefficient (Wildman–Crippen LogP) is 2.77. The van der Waals surface area contributed by atoms with Gasteiger partial charge in [-0.2, -0.15) is 5.10 Å². The molecule has 2 aromatic carbocycles. The number of rotatable bonds is 13. The maximum atomic E-state index is 12.4. The molecule has 0 spiro atoms. The summed E-state index contributed by atoms with van der Waals surface area (Å²) < 4.78 is 21.9. The van der Waals surface area contributed by atoms with Gasteiger partial charge in [-0.3, -0.25) is 5.43 Å². The van der Waals surface area contributed by atoms with Gasteiger partial charge >= 0.3 is 12.0 Å². The van der Waals surface area contributed by atoms with E-state index in [-0.39, 0.29) is 12.2 Å². The van der Waals surface area contributed by atoms with Crippen LogP contribution in [0.3, 0.4) is 0 Å². The van der Waals surface area contributed by atoms with Crippen molar-refractivity contribution in [3.63, 3.8) is 0 Å². The Bertz CT molecular complexity index is 1210. The summed E-state index contributed by atoms with van der Waals surface area (Å²) in [5, 5.41) is 19.6. The van der Waals surface area contributed by atoms with Crippen LogP contribution in [0.15, 0.2) is 71.5 Å². The number of nitrogens with one attached hydrogen (secondary N) is 3. The Kier molecular flexibility index (Phi) is 10.1. The molecule has 0 bridgehead atoms. The number of carbonyl (C=O) groups excluding carboxylic acids is 2. The summed E-state index contributed by atoms with van der Waals surface area (Å²) in [5.74, 6) is 0.863. The van der Waals surface area contributed by atoms with Crippen LogP contribution >= 0.6 is 0 Å². The highest BCUT2D eigenvalue weighted by atomic mass is 16.5. The van der Waals surface area contributed by atoms with E-state index in [1.165, 1.54) is 7.11 Å². The van der Waals surface area contributed by atoms with Crippen molar-refractivity contribution in [3.8, 4) is 17.2 Å². The Hall–Kier alpha value is -4.51. The molecule has 0 saturated heterocycles. The quantitative estimate of drug-likeness (QED) is 0.103. The molecule has 2 amide bonds. The number of hydrazone groups is 1. The average molecular weight is 525 g/mol. The van der Waals surface area contributed by atoms with Gasteiger partial charge in [0.25, 0.3) is 0 Å². The number of aliphatic hydroxyl groups excluding tert-OH is 1. The fourth-order valence-corrected chi connectivity index (χ4v) is 3.66. The molecule has 2 aromatic rings. The van der Waals surface area contributed by atoms with Gasteiger partial charge in [-0.1, -0.05) is 30.9 Å². The van der Waals surface area contributed by atoms with E-state index in [0.29, 0.717) is 41.7 Å². The molecule has 0 aliphatic carbocycles. The summed E-state index contributed by atoms with van der Waals surface area (Å²) in [5.41, 5.74) is 4.65. The van der Waals surface area contributed by atoms with Gasteiger partial charge < -0.3 is 34.7 Å². The molecule has 11 nitrogen and oxygen atoms in total. The largest absolute Gasteiger partial charge is 0.490 e. The fourth-order valence-electron chi connectivity index (χ4n) is 3.66. The van der Waals surface area contributed by atoms with Crippen molar-refractivity contribution >= 4 is 18.2 Å². The van der Waals surface area contributed by atoms with Crippen LogP contribution < -0.4 is 30.3 Å². The van der Waals surface area contributed by atoms with E-state index in [1.54, 1.807) is 43.5 Å². The maximum Gasteiger partial charge on any atom is 0.337 e. The number of methoxy groups -OCH3 is 1. The van der Waals surface area contributed by atoms with E-state index < -0.39 is 24.3 Å². The van der Waals surface area contributed by atoms with Crippen LogP contribution in [0, 0.1) is 0 Å². The van der Waals surface area contributed by atoms with Crippen LogP contribution in [-0.4, -0.2) is 56.5 Å². The van der Waals surface area contributed by atoms with Crippen molar-refractivity contribution in [3.05, 3.63) is 77.5 Å². The number of benzene rings is 2. The van der Waals surface area contributed by atoms with E-state index >= 15 is 0 Å². The minimum Gasteiger partial charge on any atom is -0.490 e. The molecule has 4 N–H and O–H groups in total. The van der Waals surface area contributed by atoms with E-state index in [0.717, 1.165) is 5.56 Å². The molecule has 1 aliphatic rings. The van der Waals surface area contributed by atoms with Crippen molar-refractivity contribution in [2.75, 3.05) is 26.9 Å². The molecular formula is C27H32N4O7. The normalized spacial score (nSPS) is 15.8. The molecule has 0 radical (unpaired) electrons. The first-order valence-corrected chi connectivity index (χ1v) is 11.9. The lowest BCUT2D eigenvalue weighted by molar-refractivity contribution is -0.136. The molecule has 2 atom stereocenters. The highest BCUT2D eigenvalue weighted by molar-refractivity contribution is 5.95. The van der Waals surface area contributed by atoms with Crippen LogP contribution in [0.4, 0.5) is 4.79 Å². The minimum atomic E-state index is -1.11. The van der Waals surface area contributed by atoms with Crippen LogP contribution in [0.25, 0.3) is 0 Å². The van der Waals surface area contributed by atoms with Gasteiger partial charge in [-0.15, -0.1) is 0 Å². The average Bonchev–Trinajstić information content (AvgIpc) is 2.90. The third-order valence-corrected chi connectivity index (χ3v) is 5.34. The Labute approximate surface area is 221 Å². The van der Waals surface area contributed by atoms with E-state index in [4.69, 9.17) is 18.9 Å². The number of urea groups is 1. The number of esters is 1. The zero-order chi connectivity index (χ0) is 27.5. The van der Waals surface area contributed by atoms with Crippen molar-refractivity contribution in [1.82, 2.24) is 16.1 Å². The standard InChI is InChI=1S/C27H32N4O7/c1-5-12-37-20-9-7-8-18(13-20)15-28-31-23(32)16-38-21-11-10-19(14-22(21)36-6-2)25-24(26(33)35-4)17(3)29-27(34)30-25/h5,7-11,13-15,23,25,31-32H,1,6,12,16H2,2-4H3,(H2,29,30,34)/b28-15+/t23-,25-/m0/s1. The summed E-state index contributed by atoms with van der Waals surface area (Å²) >= 11 is 0.